The molecule has 22 heavy (non-hydrogen) atoms. The number of carbonyl (C=O) groups excluding carboxylic acids is 1. The summed E-state index contributed by atoms with van der Waals surface area (Å²) in [6.45, 7) is 2.55. The quantitative estimate of drug-likeness (QED) is 0.758. The topological polar surface area (TPSA) is 89.0 Å². The first-order chi connectivity index (χ1) is 10.7. The highest BCUT2D eigenvalue weighted by Crippen LogP contribution is 2.23. The van der Waals surface area contributed by atoms with Gasteiger partial charge in [-0.3, -0.25) is 9.36 Å². The van der Waals surface area contributed by atoms with Gasteiger partial charge < -0.3 is 10.1 Å². The van der Waals surface area contributed by atoms with Crippen molar-refractivity contribution in [3.8, 4) is 5.75 Å². The molecule has 0 radical (unpaired) electrons. The van der Waals surface area contributed by atoms with Crippen LogP contribution in [-0.2, 0) is 11.3 Å². The number of aromatic amines is 1. The number of nitrogens with zero attached hydrogens (tertiary/aromatic N) is 2. The van der Waals surface area contributed by atoms with Gasteiger partial charge in [0, 0.05) is 6.54 Å². The number of carbonyl (C=O) groups is 1. The first kappa shape index (κ1) is 16.2. The number of rotatable bonds is 7. The molecular weight excluding hydrogens is 304 g/mol. The van der Waals surface area contributed by atoms with Crippen molar-refractivity contribution in [3.05, 3.63) is 34.7 Å². The molecule has 0 saturated heterocycles. The molecule has 0 unspecified atom stereocenters. The number of H-pyrrole nitrogens is 1. The Morgan fingerprint density at radius 1 is 1.45 bits per heavy atom. The molecule has 0 aliphatic rings. The van der Waals surface area contributed by atoms with Crippen LogP contribution in [0, 0.1) is 0 Å². The summed E-state index contributed by atoms with van der Waals surface area (Å²) in [5, 5.41) is 9.62. The van der Waals surface area contributed by atoms with Crippen LogP contribution in [0.5, 0.6) is 5.75 Å². The standard InChI is InChI=1S/C14H18N4O3S/c1-3-8-18-13(20)16-17-14(18)22-9-12(19)15-10-6-4-5-7-11(10)21-2/h4-7H,3,8-9H2,1-2H3,(H,15,19)(H,16,20). The molecule has 0 fully saturated rings. The predicted octanol–water partition coefficient (Wildman–Crippen LogP) is 1.72. The van der Waals surface area contributed by atoms with Crippen LogP contribution in [-0.4, -0.2) is 33.5 Å². The molecule has 0 aliphatic carbocycles. The largest absolute Gasteiger partial charge is 0.495 e. The number of nitrogens with one attached hydrogen (secondary N) is 2. The number of anilines is 1. The molecule has 2 rings (SSSR count). The number of aromatic nitrogens is 3. The molecule has 1 heterocycles. The van der Waals surface area contributed by atoms with Crippen molar-refractivity contribution < 1.29 is 9.53 Å². The Morgan fingerprint density at radius 3 is 2.95 bits per heavy atom. The van der Waals surface area contributed by atoms with Gasteiger partial charge in [-0.05, 0) is 18.6 Å². The molecule has 1 aromatic carbocycles. The van der Waals surface area contributed by atoms with Crippen molar-refractivity contribution in [1.29, 1.82) is 0 Å². The first-order valence-electron chi connectivity index (χ1n) is 6.86. The van der Waals surface area contributed by atoms with Crippen LogP contribution >= 0.6 is 11.8 Å². The van der Waals surface area contributed by atoms with Gasteiger partial charge in [0.25, 0.3) is 0 Å². The Morgan fingerprint density at radius 2 is 2.23 bits per heavy atom. The zero-order valence-electron chi connectivity index (χ0n) is 12.5. The number of thioether (sulfide) groups is 1. The maximum atomic E-state index is 12.0. The zero-order chi connectivity index (χ0) is 15.9. The van der Waals surface area contributed by atoms with E-state index < -0.39 is 0 Å². The lowest BCUT2D eigenvalue weighted by Gasteiger charge is -2.09. The number of benzene rings is 1. The van der Waals surface area contributed by atoms with Crippen LogP contribution in [0.2, 0.25) is 0 Å². The monoisotopic (exact) mass is 322 g/mol. The Balaban J connectivity index is 1.97. The van der Waals surface area contributed by atoms with Crippen molar-refractivity contribution in [2.75, 3.05) is 18.2 Å². The van der Waals surface area contributed by atoms with Gasteiger partial charge in [-0.15, -0.1) is 5.10 Å². The maximum absolute atomic E-state index is 12.0. The van der Waals surface area contributed by atoms with Crippen LogP contribution in [0.15, 0.2) is 34.2 Å². The maximum Gasteiger partial charge on any atom is 0.343 e. The van der Waals surface area contributed by atoms with Gasteiger partial charge in [0.05, 0.1) is 18.6 Å². The van der Waals surface area contributed by atoms with Gasteiger partial charge in [-0.2, -0.15) is 0 Å². The Bertz CT molecular complexity index is 695. The molecule has 1 aromatic heterocycles. The molecule has 2 aromatic rings. The normalized spacial score (nSPS) is 10.5. The van der Waals surface area contributed by atoms with Crippen LogP contribution in [0.4, 0.5) is 5.69 Å². The highest BCUT2D eigenvalue weighted by molar-refractivity contribution is 7.99. The van der Waals surface area contributed by atoms with Crippen LogP contribution in [0.1, 0.15) is 13.3 Å². The highest BCUT2D eigenvalue weighted by Gasteiger charge is 2.12. The summed E-state index contributed by atoms with van der Waals surface area (Å²) >= 11 is 1.22. The van der Waals surface area contributed by atoms with Gasteiger partial charge in [0.2, 0.25) is 5.91 Å². The average Bonchev–Trinajstić information content (AvgIpc) is 2.87. The fourth-order valence-electron chi connectivity index (χ4n) is 1.90. The number of ether oxygens (including phenoxy) is 1. The molecule has 0 atom stereocenters. The van der Waals surface area contributed by atoms with Crippen molar-refractivity contribution in [2.24, 2.45) is 0 Å². The second-order valence-electron chi connectivity index (χ2n) is 4.50. The van der Waals surface area contributed by atoms with Gasteiger partial charge in [0.15, 0.2) is 5.16 Å². The van der Waals surface area contributed by atoms with Crippen LogP contribution in [0.3, 0.4) is 0 Å². The van der Waals surface area contributed by atoms with Crippen LogP contribution < -0.4 is 15.7 Å². The van der Waals surface area contributed by atoms with E-state index in [1.807, 2.05) is 19.1 Å². The van der Waals surface area contributed by atoms with Crippen LogP contribution in [0.25, 0.3) is 0 Å². The van der Waals surface area contributed by atoms with Crippen molar-refractivity contribution in [2.45, 2.75) is 25.0 Å². The lowest BCUT2D eigenvalue weighted by molar-refractivity contribution is -0.113. The van der Waals surface area contributed by atoms with Crippen molar-refractivity contribution in [1.82, 2.24) is 14.8 Å². The van der Waals surface area contributed by atoms with E-state index in [0.717, 1.165) is 6.42 Å². The number of hydrogen-bond donors (Lipinski definition) is 2. The number of amides is 1. The van der Waals surface area contributed by atoms with E-state index in [0.29, 0.717) is 23.1 Å². The van der Waals surface area contributed by atoms with Gasteiger partial charge in [-0.1, -0.05) is 30.8 Å². The Hall–Kier alpha value is -2.22. The molecule has 7 nitrogen and oxygen atoms in total. The molecule has 118 valence electrons. The summed E-state index contributed by atoms with van der Waals surface area (Å²) in [7, 11) is 1.55. The SMILES string of the molecule is CCCn1c(SCC(=O)Nc2ccccc2OC)n[nH]c1=O. The summed E-state index contributed by atoms with van der Waals surface area (Å²) < 4.78 is 6.71. The minimum atomic E-state index is -0.255. The van der Waals surface area contributed by atoms with E-state index >= 15 is 0 Å². The summed E-state index contributed by atoms with van der Waals surface area (Å²) in [5.74, 6) is 0.572. The summed E-state index contributed by atoms with van der Waals surface area (Å²) in [5.41, 5.74) is 0.359. The van der Waals surface area contributed by atoms with E-state index in [9.17, 15) is 9.59 Å². The number of hydrogen-bond acceptors (Lipinski definition) is 5. The minimum absolute atomic E-state index is 0.159. The zero-order valence-corrected chi connectivity index (χ0v) is 13.3. The van der Waals surface area contributed by atoms with Crippen molar-refractivity contribution >= 4 is 23.4 Å². The fraction of sp³-hybridized carbons (Fsp3) is 0.357. The Labute approximate surface area is 132 Å². The lowest BCUT2D eigenvalue weighted by atomic mass is 10.3. The van der Waals surface area contributed by atoms with Gasteiger partial charge in [0.1, 0.15) is 5.75 Å². The molecule has 2 N–H and O–H groups in total. The van der Waals surface area contributed by atoms with Crippen molar-refractivity contribution in [3.63, 3.8) is 0 Å². The van der Waals surface area contributed by atoms with Gasteiger partial charge in [-0.25, -0.2) is 9.89 Å². The summed E-state index contributed by atoms with van der Waals surface area (Å²) in [6.07, 6.45) is 0.820. The Kier molecular flexibility index (Phi) is 5.65. The third-order valence-electron chi connectivity index (χ3n) is 2.88. The average molecular weight is 322 g/mol. The van der Waals surface area contributed by atoms with E-state index in [1.165, 1.54) is 16.3 Å². The minimum Gasteiger partial charge on any atom is -0.495 e. The molecule has 0 bridgehead atoms. The first-order valence-corrected chi connectivity index (χ1v) is 7.85. The fourth-order valence-corrected chi connectivity index (χ4v) is 2.67. The van der Waals surface area contributed by atoms with E-state index in [4.69, 9.17) is 4.74 Å². The summed E-state index contributed by atoms with van der Waals surface area (Å²) in [6, 6.07) is 7.19. The molecule has 0 saturated carbocycles. The molecule has 8 heteroatoms. The van der Waals surface area contributed by atoms with E-state index in [-0.39, 0.29) is 17.3 Å². The number of para-hydroxylation sites is 2. The number of methoxy groups -OCH3 is 1. The molecule has 1 amide bonds. The third-order valence-corrected chi connectivity index (χ3v) is 3.86. The molecular formula is C14H18N4O3S. The second kappa shape index (κ2) is 7.69. The summed E-state index contributed by atoms with van der Waals surface area (Å²) in [4.78, 5) is 23.6. The molecule has 0 spiro atoms. The van der Waals surface area contributed by atoms with E-state index in [2.05, 4.69) is 15.5 Å². The van der Waals surface area contributed by atoms with Gasteiger partial charge >= 0.3 is 5.69 Å². The third kappa shape index (κ3) is 3.91. The predicted molar refractivity (Wildman–Crippen MR) is 85.5 cm³/mol. The molecule has 0 aliphatic heterocycles. The van der Waals surface area contributed by atoms with E-state index in [1.54, 1.807) is 19.2 Å². The lowest BCUT2D eigenvalue weighted by Crippen LogP contribution is -2.18. The smallest absolute Gasteiger partial charge is 0.343 e. The highest BCUT2D eigenvalue weighted by atomic mass is 32.2. The second-order valence-corrected chi connectivity index (χ2v) is 5.44.